The van der Waals surface area contributed by atoms with Gasteiger partial charge in [-0.3, -0.25) is 0 Å². The van der Waals surface area contributed by atoms with Gasteiger partial charge >= 0.3 is 0 Å². The molecular formula is C13H18BrFN2O3S. The van der Waals surface area contributed by atoms with Gasteiger partial charge in [-0.1, -0.05) is 6.92 Å². The molecule has 1 aromatic carbocycles. The Bertz CT molecular complexity index is 639. The van der Waals surface area contributed by atoms with Gasteiger partial charge in [-0.05, 0) is 41.4 Å². The molecule has 0 spiro atoms. The first-order valence-electron chi connectivity index (χ1n) is 6.65. The van der Waals surface area contributed by atoms with Crippen molar-refractivity contribution in [2.45, 2.75) is 37.3 Å². The third-order valence-electron chi connectivity index (χ3n) is 3.49. The van der Waals surface area contributed by atoms with Crippen LogP contribution >= 0.6 is 15.9 Å². The molecule has 21 heavy (non-hydrogen) atoms. The topological polar surface area (TPSA) is 72.6 Å². The molecule has 2 unspecified atom stereocenters. The van der Waals surface area contributed by atoms with Crippen molar-refractivity contribution in [3.63, 3.8) is 0 Å². The second-order valence-corrected chi connectivity index (χ2v) is 7.81. The molecule has 118 valence electrons. The molecule has 0 amide bonds. The first-order chi connectivity index (χ1) is 9.77. The van der Waals surface area contributed by atoms with Crippen molar-refractivity contribution in [1.29, 1.82) is 0 Å². The summed E-state index contributed by atoms with van der Waals surface area (Å²) in [5, 5.41) is 0. The van der Waals surface area contributed by atoms with Crippen molar-refractivity contribution in [3.8, 4) is 0 Å². The summed E-state index contributed by atoms with van der Waals surface area (Å²) in [7, 11) is -3.96. The highest BCUT2D eigenvalue weighted by atomic mass is 79.9. The van der Waals surface area contributed by atoms with Crippen molar-refractivity contribution < 1.29 is 17.5 Å². The summed E-state index contributed by atoms with van der Waals surface area (Å²) in [6.07, 6.45) is 0.368. The maximum Gasteiger partial charge on any atom is 0.246 e. The van der Waals surface area contributed by atoms with Gasteiger partial charge < -0.3 is 10.5 Å². The van der Waals surface area contributed by atoms with E-state index in [9.17, 15) is 12.8 Å². The Hall–Kier alpha value is -0.700. The quantitative estimate of drug-likeness (QED) is 0.816. The lowest BCUT2D eigenvalue weighted by atomic mass is 10.2. The highest BCUT2D eigenvalue weighted by Gasteiger charge is 2.37. The van der Waals surface area contributed by atoms with Crippen molar-refractivity contribution in [2.24, 2.45) is 0 Å². The molecule has 1 aliphatic rings. The van der Waals surface area contributed by atoms with Crippen LogP contribution in [0.3, 0.4) is 0 Å². The molecule has 0 saturated carbocycles. The number of nitrogens with two attached hydrogens (primary N) is 1. The molecule has 2 atom stereocenters. The van der Waals surface area contributed by atoms with Gasteiger partial charge in [0.15, 0.2) is 5.82 Å². The van der Waals surface area contributed by atoms with Crippen LogP contribution in [0.25, 0.3) is 0 Å². The van der Waals surface area contributed by atoms with Crippen LogP contribution in [0.4, 0.5) is 10.1 Å². The summed E-state index contributed by atoms with van der Waals surface area (Å²) in [6, 6.07) is 2.20. The van der Waals surface area contributed by atoms with Crippen LogP contribution in [-0.4, -0.2) is 38.0 Å². The largest absolute Gasteiger partial charge is 0.399 e. The SMILES string of the molecule is CCC1COC(C)CN1S(=O)(=O)c1cc(N)cc(Br)c1F. The maximum atomic E-state index is 14.2. The van der Waals surface area contributed by atoms with Gasteiger partial charge in [0.2, 0.25) is 10.0 Å². The third kappa shape index (κ3) is 3.23. The Kier molecular flexibility index (Phi) is 4.92. The molecule has 1 aliphatic heterocycles. The van der Waals surface area contributed by atoms with Crippen molar-refractivity contribution in [3.05, 3.63) is 22.4 Å². The number of nitrogens with zero attached hydrogens (tertiary/aromatic N) is 1. The molecule has 1 aromatic rings. The zero-order valence-corrected chi connectivity index (χ0v) is 14.2. The maximum absolute atomic E-state index is 14.2. The minimum Gasteiger partial charge on any atom is -0.399 e. The van der Waals surface area contributed by atoms with Crippen LogP contribution in [0.15, 0.2) is 21.5 Å². The minimum atomic E-state index is -3.96. The number of sulfonamides is 1. The number of nitrogen functional groups attached to an aromatic ring is 1. The molecular weight excluding hydrogens is 363 g/mol. The minimum absolute atomic E-state index is 0.0374. The lowest BCUT2D eigenvalue weighted by molar-refractivity contribution is -0.0231. The Balaban J connectivity index is 2.50. The number of anilines is 1. The summed E-state index contributed by atoms with van der Waals surface area (Å²) >= 11 is 2.99. The second-order valence-electron chi connectivity index (χ2n) is 5.10. The van der Waals surface area contributed by atoms with Gasteiger partial charge in [-0.15, -0.1) is 0 Å². The van der Waals surface area contributed by atoms with Crippen LogP contribution in [0.2, 0.25) is 0 Å². The molecule has 1 saturated heterocycles. The van der Waals surface area contributed by atoms with Crippen LogP contribution in [0.1, 0.15) is 20.3 Å². The predicted octanol–water partition coefficient (Wildman–Crippen LogP) is 2.36. The summed E-state index contributed by atoms with van der Waals surface area (Å²) in [4.78, 5) is -0.401. The lowest BCUT2D eigenvalue weighted by Crippen LogP contribution is -2.51. The smallest absolute Gasteiger partial charge is 0.246 e. The zero-order chi connectivity index (χ0) is 15.8. The fourth-order valence-corrected chi connectivity index (χ4v) is 4.82. The highest BCUT2D eigenvalue weighted by Crippen LogP contribution is 2.31. The molecule has 5 nitrogen and oxygen atoms in total. The average Bonchev–Trinajstić information content (AvgIpc) is 2.42. The van der Waals surface area contributed by atoms with Crippen molar-refractivity contribution in [1.82, 2.24) is 4.31 Å². The zero-order valence-electron chi connectivity index (χ0n) is 11.8. The Morgan fingerprint density at radius 1 is 1.52 bits per heavy atom. The summed E-state index contributed by atoms with van der Waals surface area (Å²) in [6.45, 7) is 4.17. The molecule has 0 aliphatic carbocycles. The third-order valence-corrected chi connectivity index (χ3v) is 5.99. The Labute approximate surface area is 132 Å². The van der Waals surface area contributed by atoms with Gasteiger partial charge in [0.1, 0.15) is 4.90 Å². The second kappa shape index (κ2) is 6.20. The number of benzene rings is 1. The normalized spacial score (nSPS) is 24.2. The highest BCUT2D eigenvalue weighted by molar-refractivity contribution is 9.10. The average molecular weight is 381 g/mol. The van der Waals surface area contributed by atoms with E-state index in [-0.39, 0.29) is 28.9 Å². The van der Waals surface area contributed by atoms with Crippen LogP contribution in [-0.2, 0) is 14.8 Å². The van der Waals surface area contributed by atoms with E-state index < -0.39 is 20.7 Å². The van der Waals surface area contributed by atoms with Crippen LogP contribution in [0, 0.1) is 5.82 Å². The summed E-state index contributed by atoms with van der Waals surface area (Å²) < 4.78 is 46.6. The number of morpholine rings is 1. The van der Waals surface area contributed by atoms with E-state index in [0.29, 0.717) is 13.0 Å². The monoisotopic (exact) mass is 380 g/mol. The van der Waals surface area contributed by atoms with Gasteiger partial charge in [0.05, 0.1) is 17.2 Å². The molecule has 2 N–H and O–H groups in total. The van der Waals surface area contributed by atoms with Crippen molar-refractivity contribution >= 4 is 31.6 Å². The number of ether oxygens (including phenoxy) is 1. The number of halogens is 2. The molecule has 0 radical (unpaired) electrons. The first kappa shape index (κ1) is 16.7. The summed E-state index contributed by atoms with van der Waals surface area (Å²) in [5.74, 6) is -0.821. The molecule has 2 rings (SSSR count). The van der Waals surface area contributed by atoms with Gasteiger partial charge in [0, 0.05) is 18.3 Å². The fraction of sp³-hybridized carbons (Fsp3) is 0.538. The van der Waals surface area contributed by atoms with Gasteiger partial charge in [0.25, 0.3) is 0 Å². The predicted molar refractivity (Wildman–Crippen MR) is 81.9 cm³/mol. The van der Waals surface area contributed by atoms with E-state index in [1.165, 1.54) is 10.4 Å². The van der Waals surface area contributed by atoms with Gasteiger partial charge in [-0.25, -0.2) is 12.8 Å². The molecule has 8 heteroatoms. The Morgan fingerprint density at radius 3 is 2.81 bits per heavy atom. The molecule has 0 bridgehead atoms. The van der Waals surface area contributed by atoms with E-state index in [0.717, 1.165) is 6.07 Å². The van der Waals surface area contributed by atoms with Crippen LogP contribution < -0.4 is 5.73 Å². The van der Waals surface area contributed by atoms with E-state index in [2.05, 4.69) is 15.9 Å². The number of hydrogen-bond acceptors (Lipinski definition) is 4. The van der Waals surface area contributed by atoms with E-state index in [1.54, 1.807) is 6.92 Å². The molecule has 1 heterocycles. The lowest BCUT2D eigenvalue weighted by Gasteiger charge is -2.37. The van der Waals surface area contributed by atoms with E-state index >= 15 is 0 Å². The first-order valence-corrected chi connectivity index (χ1v) is 8.88. The Morgan fingerprint density at radius 2 is 2.19 bits per heavy atom. The van der Waals surface area contributed by atoms with Gasteiger partial charge in [-0.2, -0.15) is 4.31 Å². The van der Waals surface area contributed by atoms with Crippen molar-refractivity contribution in [2.75, 3.05) is 18.9 Å². The number of rotatable bonds is 3. The standard InChI is InChI=1S/C13H18BrFN2O3S/c1-3-10-7-20-8(2)6-17(10)21(18,19)12-5-9(16)4-11(14)13(12)15/h4-5,8,10H,3,6-7,16H2,1-2H3. The summed E-state index contributed by atoms with van der Waals surface area (Å²) in [5.41, 5.74) is 5.84. The van der Waals surface area contributed by atoms with E-state index in [4.69, 9.17) is 10.5 Å². The van der Waals surface area contributed by atoms with E-state index in [1.807, 2.05) is 6.92 Å². The molecule has 1 fully saturated rings. The number of hydrogen-bond donors (Lipinski definition) is 1. The molecule has 0 aromatic heterocycles. The van der Waals surface area contributed by atoms with Crippen LogP contribution in [0.5, 0.6) is 0 Å². The fourth-order valence-electron chi connectivity index (χ4n) is 2.33.